The van der Waals surface area contributed by atoms with Crippen molar-refractivity contribution in [3.63, 3.8) is 0 Å². The summed E-state index contributed by atoms with van der Waals surface area (Å²) in [5.41, 5.74) is 0. The number of aliphatic hydroxyl groups excluding tert-OH is 1. The molecule has 0 unspecified atom stereocenters. The first-order valence-corrected chi connectivity index (χ1v) is 5.69. The van der Waals surface area contributed by atoms with Crippen LogP contribution >= 0.6 is 0 Å². The van der Waals surface area contributed by atoms with Crippen molar-refractivity contribution < 1.29 is 14.6 Å². The number of hydrogen-bond acceptors (Lipinski definition) is 3. The van der Waals surface area contributed by atoms with E-state index in [1.165, 1.54) is 32.3 Å². The summed E-state index contributed by atoms with van der Waals surface area (Å²) in [5, 5.41) is 8.34. The van der Waals surface area contributed by atoms with Crippen molar-refractivity contribution >= 4 is 5.97 Å². The van der Waals surface area contributed by atoms with E-state index in [1.807, 2.05) is 6.08 Å². The van der Waals surface area contributed by atoms with Gasteiger partial charge in [-0.15, -0.1) is 0 Å². The molecule has 0 amide bonds. The van der Waals surface area contributed by atoms with Crippen molar-refractivity contribution in [2.75, 3.05) is 13.2 Å². The second-order valence-corrected chi connectivity index (χ2v) is 3.24. The van der Waals surface area contributed by atoms with E-state index in [2.05, 4.69) is 18.2 Å². The SMILES string of the molecule is C=CCOC(C)=O.CCCCCC=CCO. The minimum Gasteiger partial charge on any atom is -0.462 e. The maximum atomic E-state index is 9.93. The van der Waals surface area contributed by atoms with Gasteiger partial charge in [-0.05, 0) is 12.8 Å². The third-order valence-electron chi connectivity index (χ3n) is 1.65. The van der Waals surface area contributed by atoms with E-state index in [-0.39, 0.29) is 12.6 Å². The Hall–Kier alpha value is -1.09. The van der Waals surface area contributed by atoms with Crippen LogP contribution in [0.4, 0.5) is 0 Å². The van der Waals surface area contributed by atoms with Crippen LogP contribution in [-0.2, 0) is 9.53 Å². The maximum absolute atomic E-state index is 9.93. The first-order valence-electron chi connectivity index (χ1n) is 5.69. The summed E-state index contributed by atoms with van der Waals surface area (Å²) in [6.07, 6.45) is 10.3. The molecule has 1 N–H and O–H groups in total. The van der Waals surface area contributed by atoms with E-state index in [0.717, 1.165) is 6.42 Å². The molecular weight excluding hydrogens is 204 g/mol. The van der Waals surface area contributed by atoms with Crippen LogP contribution in [0.1, 0.15) is 39.5 Å². The average molecular weight is 228 g/mol. The quantitative estimate of drug-likeness (QED) is 0.414. The molecule has 0 radical (unpaired) electrons. The van der Waals surface area contributed by atoms with Gasteiger partial charge in [0.25, 0.3) is 0 Å². The molecule has 16 heavy (non-hydrogen) atoms. The highest BCUT2D eigenvalue weighted by Gasteiger charge is 1.83. The van der Waals surface area contributed by atoms with Crippen molar-refractivity contribution in [2.24, 2.45) is 0 Å². The summed E-state index contributed by atoms with van der Waals surface area (Å²) in [5.74, 6) is -0.264. The Morgan fingerprint density at radius 2 is 2.06 bits per heavy atom. The molecule has 0 aliphatic carbocycles. The minimum absolute atomic E-state index is 0.187. The van der Waals surface area contributed by atoms with Gasteiger partial charge in [-0.3, -0.25) is 4.79 Å². The molecule has 3 heteroatoms. The van der Waals surface area contributed by atoms with Gasteiger partial charge < -0.3 is 9.84 Å². The molecule has 0 fully saturated rings. The van der Waals surface area contributed by atoms with Crippen molar-refractivity contribution in [1.29, 1.82) is 0 Å². The molecule has 0 rings (SSSR count). The van der Waals surface area contributed by atoms with Gasteiger partial charge in [-0.1, -0.05) is 44.6 Å². The van der Waals surface area contributed by atoms with Crippen molar-refractivity contribution in [3.05, 3.63) is 24.8 Å². The van der Waals surface area contributed by atoms with Gasteiger partial charge in [0.1, 0.15) is 6.61 Å². The average Bonchev–Trinajstić information content (AvgIpc) is 2.27. The lowest BCUT2D eigenvalue weighted by molar-refractivity contribution is -0.139. The highest BCUT2D eigenvalue weighted by molar-refractivity contribution is 5.65. The predicted molar refractivity (Wildman–Crippen MR) is 67.2 cm³/mol. The first-order chi connectivity index (χ1) is 7.68. The highest BCUT2D eigenvalue weighted by atomic mass is 16.5. The summed E-state index contributed by atoms with van der Waals surface area (Å²) < 4.78 is 4.43. The Kier molecular flexibility index (Phi) is 17.7. The molecule has 0 aliphatic heterocycles. The number of carbonyl (C=O) groups is 1. The van der Waals surface area contributed by atoms with Gasteiger partial charge in [-0.2, -0.15) is 0 Å². The summed E-state index contributed by atoms with van der Waals surface area (Å²) in [4.78, 5) is 9.93. The van der Waals surface area contributed by atoms with Gasteiger partial charge in [0.15, 0.2) is 0 Å². The Morgan fingerprint density at radius 1 is 1.38 bits per heavy atom. The molecular formula is C13H24O3. The molecule has 0 aromatic carbocycles. The molecule has 0 saturated carbocycles. The zero-order valence-electron chi connectivity index (χ0n) is 10.4. The van der Waals surface area contributed by atoms with Crippen molar-refractivity contribution in [1.82, 2.24) is 0 Å². The van der Waals surface area contributed by atoms with Gasteiger partial charge in [0.05, 0.1) is 6.61 Å². The molecule has 0 spiro atoms. The second kappa shape index (κ2) is 16.3. The van der Waals surface area contributed by atoms with Crippen LogP contribution in [0.2, 0.25) is 0 Å². The van der Waals surface area contributed by atoms with E-state index in [1.54, 1.807) is 6.08 Å². The standard InChI is InChI=1S/C8H16O.C5H8O2/c1-2-3-4-5-6-7-8-9;1-3-4-7-5(2)6/h6-7,9H,2-5,8H2,1H3;3H,1,4H2,2H3. The number of rotatable bonds is 7. The minimum atomic E-state index is -0.264. The fourth-order valence-corrected chi connectivity index (χ4v) is 0.881. The first kappa shape index (κ1) is 17.3. The molecule has 0 aromatic heterocycles. The molecule has 94 valence electrons. The summed E-state index contributed by atoms with van der Waals surface area (Å²) in [6.45, 7) is 7.41. The lowest BCUT2D eigenvalue weighted by atomic mass is 10.2. The number of carbonyl (C=O) groups excluding carboxylic acids is 1. The summed E-state index contributed by atoms with van der Waals surface area (Å²) in [7, 11) is 0. The largest absolute Gasteiger partial charge is 0.462 e. The van der Waals surface area contributed by atoms with Crippen LogP contribution in [0.15, 0.2) is 24.8 Å². The van der Waals surface area contributed by atoms with E-state index >= 15 is 0 Å². The lowest BCUT2D eigenvalue weighted by Gasteiger charge is -1.90. The third-order valence-corrected chi connectivity index (χ3v) is 1.65. The smallest absolute Gasteiger partial charge is 0.302 e. The number of hydrogen-bond donors (Lipinski definition) is 1. The number of allylic oxidation sites excluding steroid dienone is 1. The second-order valence-electron chi connectivity index (χ2n) is 3.24. The van der Waals surface area contributed by atoms with E-state index < -0.39 is 0 Å². The summed E-state index contributed by atoms with van der Waals surface area (Å²) in [6, 6.07) is 0. The monoisotopic (exact) mass is 228 g/mol. The van der Waals surface area contributed by atoms with Crippen LogP contribution in [0, 0.1) is 0 Å². The van der Waals surface area contributed by atoms with Crippen LogP contribution in [-0.4, -0.2) is 24.3 Å². The number of esters is 1. The van der Waals surface area contributed by atoms with Gasteiger partial charge >= 0.3 is 5.97 Å². The van der Waals surface area contributed by atoms with Crippen molar-refractivity contribution in [2.45, 2.75) is 39.5 Å². The van der Waals surface area contributed by atoms with Crippen LogP contribution < -0.4 is 0 Å². The zero-order chi connectivity index (χ0) is 12.6. The van der Waals surface area contributed by atoms with E-state index in [9.17, 15) is 4.79 Å². The number of ether oxygens (including phenoxy) is 1. The third kappa shape index (κ3) is 23.1. The molecule has 0 atom stereocenters. The summed E-state index contributed by atoms with van der Waals surface area (Å²) >= 11 is 0. The Bertz CT molecular complexity index is 186. The van der Waals surface area contributed by atoms with Gasteiger partial charge in [0.2, 0.25) is 0 Å². The zero-order valence-corrected chi connectivity index (χ0v) is 10.4. The molecule has 0 bridgehead atoms. The fraction of sp³-hybridized carbons (Fsp3) is 0.615. The van der Waals surface area contributed by atoms with Gasteiger partial charge in [0, 0.05) is 6.92 Å². The highest BCUT2D eigenvalue weighted by Crippen LogP contribution is 1.98. The molecule has 0 aliphatic rings. The Balaban J connectivity index is 0. The Morgan fingerprint density at radius 3 is 2.44 bits per heavy atom. The Labute approximate surface area is 98.8 Å². The van der Waals surface area contributed by atoms with E-state index in [0.29, 0.717) is 6.61 Å². The van der Waals surface area contributed by atoms with Gasteiger partial charge in [-0.25, -0.2) is 0 Å². The van der Waals surface area contributed by atoms with E-state index in [4.69, 9.17) is 5.11 Å². The fourth-order valence-electron chi connectivity index (χ4n) is 0.881. The van der Waals surface area contributed by atoms with Crippen LogP contribution in [0.25, 0.3) is 0 Å². The van der Waals surface area contributed by atoms with Crippen molar-refractivity contribution in [3.8, 4) is 0 Å². The lowest BCUT2D eigenvalue weighted by Crippen LogP contribution is -1.96. The van der Waals surface area contributed by atoms with Crippen LogP contribution in [0.3, 0.4) is 0 Å². The van der Waals surface area contributed by atoms with Crippen LogP contribution in [0.5, 0.6) is 0 Å². The topological polar surface area (TPSA) is 46.5 Å². The molecule has 0 heterocycles. The maximum Gasteiger partial charge on any atom is 0.302 e. The predicted octanol–water partition coefficient (Wildman–Crippen LogP) is 2.85. The normalized spacial score (nSPS) is 9.44. The molecule has 0 saturated heterocycles. The number of unbranched alkanes of at least 4 members (excludes halogenated alkanes) is 3. The number of aliphatic hydroxyl groups is 1. The molecule has 3 nitrogen and oxygen atoms in total. The molecule has 0 aromatic rings.